The molecule has 2 amide bonds. The van der Waals surface area contributed by atoms with E-state index < -0.39 is 0 Å². The molecule has 1 saturated carbocycles. The van der Waals surface area contributed by atoms with Crippen molar-refractivity contribution < 1.29 is 14.3 Å². The molecule has 2 aromatic rings. The third-order valence-corrected chi connectivity index (χ3v) is 4.71. The number of benzene rings is 1. The van der Waals surface area contributed by atoms with Gasteiger partial charge < -0.3 is 15.0 Å². The SMILES string of the molecule is COc1ccc2cc(C(=O)NC3CCC4N=NC(=O)C=C4C3)[nH]c2c1. The van der Waals surface area contributed by atoms with Crippen LogP contribution in [-0.2, 0) is 4.79 Å². The van der Waals surface area contributed by atoms with Gasteiger partial charge in [0.1, 0.15) is 11.4 Å². The number of fused-ring (bicyclic) bond motifs is 2. The van der Waals surface area contributed by atoms with Crippen molar-refractivity contribution >= 4 is 22.7 Å². The van der Waals surface area contributed by atoms with Crippen LogP contribution in [0.1, 0.15) is 29.8 Å². The summed E-state index contributed by atoms with van der Waals surface area (Å²) in [4.78, 5) is 27.1. The number of methoxy groups -OCH3 is 1. The highest BCUT2D eigenvalue weighted by molar-refractivity contribution is 5.98. The predicted molar refractivity (Wildman–Crippen MR) is 91.7 cm³/mol. The van der Waals surface area contributed by atoms with Crippen molar-refractivity contribution in [3.8, 4) is 5.75 Å². The Morgan fingerprint density at radius 1 is 1.32 bits per heavy atom. The minimum Gasteiger partial charge on any atom is -0.497 e. The van der Waals surface area contributed by atoms with E-state index in [2.05, 4.69) is 20.5 Å². The van der Waals surface area contributed by atoms with Gasteiger partial charge in [0.15, 0.2) is 0 Å². The molecule has 0 radical (unpaired) electrons. The standard InChI is InChI=1S/C18H18N4O3/c1-25-13-4-2-10-7-16(20-15(10)9-13)18(24)19-12-3-5-14-11(6-12)8-17(23)22-21-14/h2,4,7-9,12,14,20H,3,5-6H2,1H3,(H,19,24). The van der Waals surface area contributed by atoms with E-state index in [1.54, 1.807) is 13.2 Å². The Morgan fingerprint density at radius 2 is 2.20 bits per heavy atom. The molecular weight excluding hydrogens is 320 g/mol. The van der Waals surface area contributed by atoms with Crippen LogP contribution in [0.15, 0.2) is 46.1 Å². The van der Waals surface area contributed by atoms with E-state index in [9.17, 15) is 9.59 Å². The summed E-state index contributed by atoms with van der Waals surface area (Å²) in [6.45, 7) is 0. The summed E-state index contributed by atoms with van der Waals surface area (Å²) >= 11 is 0. The van der Waals surface area contributed by atoms with Gasteiger partial charge in [0.25, 0.3) is 11.8 Å². The molecular formula is C18H18N4O3. The Labute approximate surface area is 144 Å². The zero-order valence-corrected chi connectivity index (χ0v) is 13.8. The quantitative estimate of drug-likeness (QED) is 0.900. The molecule has 1 aromatic carbocycles. The topological polar surface area (TPSA) is 95.9 Å². The summed E-state index contributed by atoms with van der Waals surface area (Å²) in [7, 11) is 1.61. The minimum atomic E-state index is -0.317. The van der Waals surface area contributed by atoms with Crippen LogP contribution in [0.3, 0.4) is 0 Å². The lowest BCUT2D eigenvalue weighted by atomic mass is 9.86. The highest BCUT2D eigenvalue weighted by Crippen LogP contribution is 2.29. The first-order chi connectivity index (χ1) is 12.1. The lowest BCUT2D eigenvalue weighted by Crippen LogP contribution is -2.39. The Balaban J connectivity index is 1.48. The second-order valence-corrected chi connectivity index (χ2v) is 6.38. The molecule has 0 bridgehead atoms. The Hall–Kier alpha value is -2.96. The molecule has 1 aliphatic carbocycles. The number of ether oxygens (including phenoxy) is 1. The molecule has 0 saturated heterocycles. The second-order valence-electron chi connectivity index (χ2n) is 6.38. The Morgan fingerprint density at radius 3 is 3.04 bits per heavy atom. The molecule has 7 nitrogen and oxygen atoms in total. The number of aromatic amines is 1. The van der Waals surface area contributed by atoms with Crippen LogP contribution in [0.5, 0.6) is 5.75 Å². The fourth-order valence-corrected chi connectivity index (χ4v) is 3.41. The maximum Gasteiger partial charge on any atom is 0.287 e. The largest absolute Gasteiger partial charge is 0.497 e. The predicted octanol–water partition coefficient (Wildman–Crippen LogP) is 2.75. The van der Waals surface area contributed by atoms with E-state index in [1.807, 2.05) is 24.3 Å². The number of rotatable bonds is 3. The zero-order valence-electron chi connectivity index (χ0n) is 13.8. The van der Waals surface area contributed by atoms with E-state index in [1.165, 1.54) is 0 Å². The van der Waals surface area contributed by atoms with E-state index in [0.717, 1.165) is 35.1 Å². The van der Waals surface area contributed by atoms with Gasteiger partial charge in [-0.05, 0) is 43.0 Å². The summed E-state index contributed by atoms with van der Waals surface area (Å²) in [5.74, 6) is 0.272. The van der Waals surface area contributed by atoms with Gasteiger partial charge in [-0.15, -0.1) is 5.11 Å². The zero-order chi connectivity index (χ0) is 17.4. The number of carbonyl (C=O) groups is 2. The highest BCUT2D eigenvalue weighted by Gasteiger charge is 2.29. The van der Waals surface area contributed by atoms with Crippen molar-refractivity contribution in [2.45, 2.75) is 31.3 Å². The molecule has 25 heavy (non-hydrogen) atoms. The van der Waals surface area contributed by atoms with Gasteiger partial charge >= 0.3 is 0 Å². The minimum absolute atomic E-state index is 0.00273. The van der Waals surface area contributed by atoms with Gasteiger partial charge in [-0.2, -0.15) is 5.11 Å². The number of nitrogens with zero attached hydrogens (tertiary/aromatic N) is 2. The molecule has 4 rings (SSSR count). The van der Waals surface area contributed by atoms with Gasteiger partial charge in [0.2, 0.25) is 0 Å². The van der Waals surface area contributed by atoms with Crippen LogP contribution < -0.4 is 10.1 Å². The summed E-state index contributed by atoms with van der Waals surface area (Å²) < 4.78 is 5.20. The van der Waals surface area contributed by atoms with Crippen LogP contribution in [0.2, 0.25) is 0 Å². The average molecular weight is 338 g/mol. The van der Waals surface area contributed by atoms with E-state index in [-0.39, 0.29) is 23.9 Å². The van der Waals surface area contributed by atoms with Crippen molar-refractivity contribution in [3.63, 3.8) is 0 Å². The molecule has 2 heterocycles. The maximum atomic E-state index is 12.6. The number of H-pyrrole nitrogens is 1. The highest BCUT2D eigenvalue weighted by atomic mass is 16.5. The average Bonchev–Trinajstić information content (AvgIpc) is 3.04. The van der Waals surface area contributed by atoms with Gasteiger partial charge in [0.05, 0.1) is 13.2 Å². The number of amides is 2. The molecule has 2 atom stereocenters. The lowest BCUT2D eigenvalue weighted by Gasteiger charge is -2.29. The van der Waals surface area contributed by atoms with Crippen molar-refractivity contribution in [3.05, 3.63) is 41.6 Å². The van der Waals surface area contributed by atoms with Gasteiger partial charge in [-0.25, -0.2) is 0 Å². The van der Waals surface area contributed by atoms with Crippen molar-refractivity contribution in [2.24, 2.45) is 10.2 Å². The Bertz CT molecular complexity index is 912. The first-order valence-electron chi connectivity index (χ1n) is 8.25. The van der Waals surface area contributed by atoms with Crippen LogP contribution >= 0.6 is 0 Å². The summed E-state index contributed by atoms with van der Waals surface area (Å²) in [6, 6.07) is 7.45. The molecule has 1 aromatic heterocycles. The third-order valence-electron chi connectivity index (χ3n) is 4.71. The van der Waals surface area contributed by atoms with Crippen LogP contribution in [0.25, 0.3) is 10.9 Å². The molecule has 2 N–H and O–H groups in total. The van der Waals surface area contributed by atoms with Crippen LogP contribution in [-0.4, -0.2) is 36.0 Å². The van der Waals surface area contributed by atoms with Crippen LogP contribution in [0, 0.1) is 0 Å². The number of hydrogen-bond donors (Lipinski definition) is 2. The van der Waals surface area contributed by atoms with Crippen molar-refractivity contribution in [1.29, 1.82) is 0 Å². The molecule has 1 fully saturated rings. The van der Waals surface area contributed by atoms with Gasteiger partial charge in [-0.3, -0.25) is 9.59 Å². The fraction of sp³-hybridized carbons (Fsp3) is 0.333. The molecule has 128 valence electrons. The summed E-state index contributed by atoms with van der Waals surface area (Å²) in [6.07, 6.45) is 3.78. The van der Waals surface area contributed by atoms with Crippen molar-refractivity contribution in [2.75, 3.05) is 7.11 Å². The molecule has 1 aliphatic heterocycles. The number of hydrogen-bond acceptors (Lipinski definition) is 4. The third kappa shape index (κ3) is 3.05. The van der Waals surface area contributed by atoms with E-state index in [0.29, 0.717) is 12.1 Å². The lowest BCUT2D eigenvalue weighted by molar-refractivity contribution is -0.114. The molecule has 0 spiro atoms. The van der Waals surface area contributed by atoms with E-state index in [4.69, 9.17) is 4.74 Å². The number of carbonyl (C=O) groups excluding carboxylic acids is 2. The first kappa shape index (κ1) is 15.6. The normalized spacial score (nSPS) is 22.4. The number of nitrogens with one attached hydrogen (secondary N) is 2. The summed E-state index contributed by atoms with van der Waals surface area (Å²) in [5.41, 5.74) is 2.32. The second kappa shape index (κ2) is 6.16. The summed E-state index contributed by atoms with van der Waals surface area (Å²) in [5, 5.41) is 11.6. The molecule has 7 heteroatoms. The number of azo groups is 1. The van der Waals surface area contributed by atoms with E-state index >= 15 is 0 Å². The smallest absolute Gasteiger partial charge is 0.287 e. The van der Waals surface area contributed by atoms with Crippen molar-refractivity contribution in [1.82, 2.24) is 10.3 Å². The number of aromatic nitrogens is 1. The monoisotopic (exact) mass is 338 g/mol. The van der Waals surface area contributed by atoms with Crippen LogP contribution in [0.4, 0.5) is 0 Å². The van der Waals surface area contributed by atoms with Gasteiger partial charge in [0, 0.05) is 29.1 Å². The Kier molecular flexibility index (Phi) is 3.83. The first-order valence-corrected chi connectivity index (χ1v) is 8.25. The molecule has 2 aliphatic rings. The maximum absolute atomic E-state index is 12.6. The van der Waals surface area contributed by atoms with Gasteiger partial charge in [-0.1, -0.05) is 0 Å². The fourth-order valence-electron chi connectivity index (χ4n) is 3.41. The molecule has 2 unspecified atom stereocenters.